The van der Waals surface area contributed by atoms with E-state index in [1.165, 1.54) is 6.07 Å². The van der Waals surface area contributed by atoms with Crippen LogP contribution in [0.1, 0.15) is 11.3 Å². The zero-order chi connectivity index (χ0) is 16.6. The molecule has 118 valence electrons. The van der Waals surface area contributed by atoms with Crippen molar-refractivity contribution in [3.8, 4) is 0 Å². The van der Waals surface area contributed by atoms with Gasteiger partial charge in [0.1, 0.15) is 11.4 Å². The van der Waals surface area contributed by atoms with Crippen molar-refractivity contribution >= 4 is 33.9 Å². The number of para-hydroxylation sites is 1. The van der Waals surface area contributed by atoms with Crippen molar-refractivity contribution in [2.24, 2.45) is 10.2 Å². The van der Waals surface area contributed by atoms with Gasteiger partial charge >= 0.3 is 6.18 Å². The van der Waals surface area contributed by atoms with Gasteiger partial charge in [-0.15, -0.1) is 10.2 Å². The van der Waals surface area contributed by atoms with Gasteiger partial charge in [0.2, 0.25) is 0 Å². The third-order valence-electron chi connectivity index (χ3n) is 3.39. The number of fused-ring (bicyclic) bond motifs is 1. The Hall–Kier alpha value is -2.34. The summed E-state index contributed by atoms with van der Waals surface area (Å²) in [6, 6.07) is 10.4. The summed E-state index contributed by atoms with van der Waals surface area (Å²) in [6.07, 6.45) is -4.45. The second-order valence-electron chi connectivity index (χ2n) is 5.01. The van der Waals surface area contributed by atoms with Crippen molar-refractivity contribution in [1.82, 2.24) is 4.98 Å². The van der Waals surface area contributed by atoms with Crippen LogP contribution in [-0.2, 0) is 6.18 Å². The summed E-state index contributed by atoms with van der Waals surface area (Å²) in [5.74, 6) is 0. The number of nitrogens with one attached hydrogen (secondary N) is 1. The molecule has 0 amide bonds. The lowest BCUT2D eigenvalue weighted by Crippen LogP contribution is -2.03. The van der Waals surface area contributed by atoms with E-state index in [9.17, 15) is 13.2 Å². The maximum atomic E-state index is 12.8. The van der Waals surface area contributed by atoms with E-state index in [1.807, 2.05) is 31.2 Å². The average Bonchev–Trinajstić information content (AvgIpc) is 2.81. The number of halogens is 4. The minimum Gasteiger partial charge on any atom is -0.357 e. The fourth-order valence-electron chi connectivity index (χ4n) is 2.26. The van der Waals surface area contributed by atoms with E-state index in [1.54, 1.807) is 0 Å². The number of aromatic nitrogens is 1. The second-order valence-corrected chi connectivity index (χ2v) is 5.42. The minimum atomic E-state index is -4.45. The smallest absolute Gasteiger partial charge is 0.357 e. The molecule has 0 unspecified atom stereocenters. The molecule has 0 saturated carbocycles. The number of aryl methyl sites for hydroxylation is 1. The normalized spacial score (nSPS) is 12.4. The summed E-state index contributed by atoms with van der Waals surface area (Å²) >= 11 is 5.92. The van der Waals surface area contributed by atoms with Crippen LogP contribution in [0.4, 0.5) is 24.5 Å². The predicted molar refractivity (Wildman–Crippen MR) is 83.7 cm³/mol. The molecule has 7 heteroatoms. The number of benzene rings is 2. The van der Waals surface area contributed by atoms with Gasteiger partial charge in [0, 0.05) is 16.6 Å². The number of hydrogen-bond donors (Lipinski definition) is 1. The lowest BCUT2D eigenvalue weighted by Gasteiger charge is -2.07. The van der Waals surface area contributed by atoms with Crippen LogP contribution in [0.5, 0.6) is 0 Å². The lowest BCUT2D eigenvalue weighted by atomic mass is 10.2. The van der Waals surface area contributed by atoms with Gasteiger partial charge in [-0.2, -0.15) is 13.2 Å². The quantitative estimate of drug-likeness (QED) is 0.514. The number of azo groups is 1. The van der Waals surface area contributed by atoms with Crippen LogP contribution in [0.2, 0.25) is 5.02 Å². The molecule has 0 fully saturated rings. The van der Waals surface area contributed by atoms with Crippen LogP contribution >= 0.6 is 11.6 Å². The minimum absolute atomic E-state index is 0.0221. The van der Waals surface area contributed by atoms with Crippen LogP contribution in [-0.4, -0.2) is 4.98 Å². The monoisotopic (exact) mass is 337 g/mol. The Bertz CT molecular complexity index is 897. The van der Waals surface area contributed by atoms with Gasteiger partial charge in [-0.05, 0) is 31.2 Å². The first-order valence-electron chi connectivity index (χ1n) is 6.72. The summed E-state index contributed by atoms with van der Waals surface area (Å²) < 4.78 is 38.3. The summed E-state index contributed by atoms with van der Waals surface area (Å²) in [7, 11) is 0. The van der Waals surface area contributed by atoms with E-state index >= 15 is 0 Å². The Morgan fingerprint density at radius 1 is 1.04 bits per heavy atom. The molecular formula is C16H11ClF3N3. The average molecular weight is 338 g/mol. The van der Waals surface area contributed by atoms with Crippen LogP contribution < -0.4 is 0 Å². The molecule has 0 atom stereocenters. The SMILES string of the molecule is Cc1[nH]c2ccccc2c1N=Nc1cc(C(F)(F)F)ccc1Cl. The molecule has 0 spiro atoms. The molecule has 0 aliphatic heterocycles. The highest BCUT2D eigenvalue weighted by molar-refractivity contribution is 6.33. The molecule has 0 bridgehead atoms. The number of H-pyrrole nitrogens is 1. The standard InChI is InChI=1S/C16H11ClF3N3/c1-9-15(11-4-2-3-5-13(11)21-9)23-22-14-8-10(16(18,19)20)6-7-12(14)17/h2-8,21H,1H3. The topological polar surface area (TPSA) is 40.5 Å². The van der Waals surface area contributed by atoms with Gasteiger partial charge in [0.25, 0.3) is 0 Å². The van der Waals surface area contributed by atoms with E-state index in [0.29, 0.717) is 5.69 Å². The van der Waals surface area contributed by atoms with Gasteiger partial charge in [-0.1, -0.05) is 29.8 Å². The van der Waals surface area contributed by atoms with Crippen LogP contribution in [0.25, 0.3) is 10.9 Å². The molecule has 0 aliphatic rings. The predicted octanol–water partition coefficient (Wildman–Crippen LogP) is 6.56. The van der Waals surface area contributed by atoms with Crippen molar-refractivity contribution in [3.63, 3.8) is 0 Å². The summed E-state index contributed by atoms with van der Waals surface area (Å²) in [4.78, 5) is 3.15. The van der Waals surface area contributed by atoms with Crippen LogP contribution in [0.3, 0.4) is 0 Å². The molecule has 3 aromatic rings. The number of aromatic amines is 1. The lowest BCUT2D eigenvalue weighted by molar-refractivity contribution is -0.137. The van der Waals surface area contributed by atoms with Crippen molar-refractivity contribution in [2.75, 3.05) is 0 Å². The Morgan fingerprint density at radius 3 is 2.52 bits per heavy atom. The highest BCUT2D eigenvalue weighted by Crippen LogP contribution is 2.37. The Kier molecular flexibility index (Phi) is 3.85. The van der Waals surface area contributed by atoms with E-state index in [2.05, 4.69) is 15.2 Å². The highest BCUT2D eigenvalue weighted by atomic mass is 35.5. The van der Waals surface area contributed by atoms with E-state index in [-0.39, 0.29) is 10.7 Å². The largest absolute Gasteiger partial charge is 0.416 e. The maximum absolute atomic E-state index is 12.8. The molecule has 1 heterocycles. The molecule has 1 aromatic heterocycles. The first kappa shape index (κ1) is 15.6. The van der Waals surface area contributed by atoms with E-state index in [4.69, 9.17) is 11.6 Å². The van der Waals surface area contributed by atoms with Crippen molar-refractivity contribution in [3.05, 3.63) is 58.7 Å². The Balaban J connectivity index is 2.04. The maximum Gasteiger partial charge on any atom is 0.416 e. The number of nitrogens with zero attached hydrogens (tertiary/aromatic N) is 2. The third-order valence-corrected chi connectivity index (χ3v) is 3.71. The zero-order valence-electron chi connectivity index (χ0n) is 11.9. The number of hydrogen-bond acceptors (Lipinski definition) is 2. The fourth-order valence-corrected chi connectivity index (χ4v) is 2.42. The fraction of sp³-hybridized carbons (Fsp3) is 0.125. The molecule has 2 aromatic carbocycles. The molecule has 3 rings (SSSR count). The first-order valence-corrected chi connectivity index (χ1v) is 7.10. The Morgan fingerprint density at radius 2 is 1.78 bits per heavy atom. The summed E-state index contributed by atoms with van der Waals surface area (Å²) in [5, 5.41) is 8.95. The van der Waals surface area contributed by atoms with E-state index in [0.717, 1.165) is 28.7 Å². The van der Waals surface area contributed by atoms with Crippen molar-refractivity contribution < 1.29 is 13.2 Å². The summed E-state index contributed by atoms with van der Waals surface area (Å²) in [5.41, 5.74) is 1.40. The van der Waals surface area contributed by atoms with Crippen LogP contribution in [0, 0.1) is 6.92 Å². The summed E-state index contributed by atoms with van der Waals surface area (Å²) in [6.45, 7) is 1.82. The number of rotatable bonds is 2. The Labute approximate surface area is 134 Å². The highest BCUT2D eigenvalue weighted by Gasteiger charge is 2.31. The number of alkyl halides is 3. The van der Waals surface area contributed by atoms with Gasteiger partial charge in [-0.25, -0.2) is 0 Å². The van der Waals surface area contributed by atoms with Gasteiger partial charge in [0.05, 0.1) is 10.6 Å². The first-order chi connectivity index (χ1) is 10.9. The molecular weight excluding hydrogens is 327 g/mol. The molecule has 0 aliphatic carbocycles. The van der Waals surface area contributed by atoms with Gasteiger partial charge < -0.3 is 4.98 Å². The van der Waals surface area contributed by atoms with Crippen molar-refractivity contribution in [2.45, 2.75) is 13.1 Å². The third kappa shape index (κ3) is 3.07. The van der Waals surface area contributed by atoms with Crippen LogP contribution in [0.15, 0.2) is 52.7 Å². The molecule has 0 radical (unpaired) electrons. The molecule has 0 saturated heterocycles. The van der Waals surface area contributed by atoms with E-state index < -0.39 is 11.7 Å². The van der Waals surface area contributed by atoms with Gasteiger partial charge in [-0.3, -0.25) is 0 Å². The zero-order valence-corrected chi connectivity index (χ0v) is 12.7. The molecule has 1 N–H and O–H groups in total. The molecule has 3 nitrogen and oxygen atoms in total. The van der Waals surface area contributed by atoms with Crippen molar-refractivity contribution in [1.29, 1.82) is 0 Å². The second kappa shape index (κ2) is 5.70. The van der Waals surface area contributed by atoms with Gasteiger partial charge in [0.15, 0.2) is 0 Å². The molecule has 23 heavy (non-hydrogen) atoms.